The van der Waals surface area contributed by atoms with E-state index in [1.54, 1.807) is 24.3 Å². The molecule has 3 aromatic rings. The van der Waals surface area contributed by atoms with Gasteiger partial charge in [0.25, 0.3) is 5.91 Å². The Morgan fingerprint density at radius 3 is 2.74 bits per heavy atom. The van der Waals surface area contributed by atoms with Crippen molar-refractivity contribution in [2.24, 2.45) is 0 Å². The summed E-state index contributed by atoms with van der Waals surface area (Å²) in [6.07, 6.45) is 3.28. The highest BCUT2D eigenvalue weighted by atomic mass is 16.7. The molecule has 2 aromatic carbocycles. The minimum atomic E-state index is -0.111. The first-order chi connectivity index (χ1) is 13.2. The number of rotatable bonds is 5. The van der Waals surface area contributed by atoms with Crippen molar-refractivity contribution >= 4 is 17.3 Å². The van der Waals surface area contributed by atoms with Gasteiger partial charge in [0.05, 0.1) is 11.3 Å². The monoisotopic (exact) mass is 361 g/mol. The van der Waals surface area contributed by atoms with E-state index in [0.717, 1.165) is 28.4 Å². The number of hydrogen-bond donors (Lipinski definition) is 1. The molecule has 136 valence electrons. The molecule has 1 aliphatic rings. The number of amides is 1. The van der Waals surface area contributed by atoms with E-state index in [-0.39, 0.29) is 12.7 Å². The second kappa shape index (κ2) is 7.37. The van der Waals surface area contributed by atoms with Gasteiger partial charge in [-0.3, -0.25) is 9.78 Å². The number of aromatic nitrogens is 1. The standard InChI is InChI=1S/C21H19N3O3/c1-24(18-5-3-2-4-6-18)21(25)16-10-17(13-22-12-16)23-11-15-7-8-19-20(9-15)27-14-26-19/h2-10,12-13,23H,11,14H2,1H3. The molecule has 0 saturated heterocycles. The van der Waals surface area contributed by atoms with Crippen LogP contribution in [0.4, 0.5) is 11.4 Å². The van der Waals surface area contributed by atoms with Crippen molar-refractivity contribution in [3.05, 3.63) is 78.1 Å². The molecule has 1 aliphatic heterocycles. The molecule has 0 fully saturated rings. The average molecular weight is 361 g/mol. The lowest BCUT2D eigenvalue weighted by Crippen LogP contribution is -2.26. The van der Waals surface area contributed by atoms with Gasteiger partial charge in [-0.1, -0.05) is 24.3 Å². The van der Waals surface area contributed by atoms with Crippen LogP contribution in [0.15, 0.2) is 67.0 Å². The van der Waals surface area contributed by atoms with Gasteiger partial charge in [0.15, 0.2) is 11.5 Å². The van der Waals surface area contributed by atoms with E-state index in [9.17, 15) is 4.79 Å². The molecule has 27 heavy (non-hydrogen) atoms. The topological polar surface area (TPSA) is 63.7 Å². The van der Waals surface area contributed by atoms with Crippen molar-refractivity contribution in [3.8, 4) is 11.5 Å². The van der Waals surface area contributed by atoms with Gasteiger partial charge in [-0.05, 0) is 35.9 Å². The number of para-hydroxylation sites is 1. The number of ether oxygens (including phenoxy) is 2. The predicted molar refractivity (Wildman–Crippen MR) is 103 cm³/mol. The lowest BCUT2D eigenvalue weighted by atomic mass is 10.2. The summed E-state index contributed by atoms with van der Waals surface area (Å²) in [6.45, 7) is 0.847. The molecular formula is C21H19N3O3. The van der Waals surface area contributed by atoms with E-state index < -0.39 is 0 Å². The summed E-state index contributed by atoms with van der Waals surface area (Å²) in [5.74, 6) is 1.40. The van der Waals surface area contributed by atoms with Crippen molar-refractivity contribution in [2.75, 3.05) is 24.1 Å². The Kier molecular flexibility index (Phi) is 4.61. The smallest absolute Gasteiger partial charge is 0.259 e. The summed E-state index contributed by atoms with van der Waals surface area (Å²) in [5, 5.41) is 3.30. The van der Waals surface area contributed by atoms with Crippen molar-refractivity contribution in [1.29, 1.82) is 0 Å². The first kappa shape index (κ1) is 16.9. The molecule has 0 bridgehead atoms. The third kappa shape index (κ3) is 3.69. The Labute approximate surface area is 157 Å². The Morgan fingerprint density at radius 2 is 1.89 bits per heavy atom. The third-order valence-electron chi connectivity index (χ3n) is 4.37. The lowest BCUT2D eigenvalue weighted by molar-refractivity contribution is 0.0992. The maximum Gasteiger partial charge on any atom is 0.259 e. The molecule has 4 rings (SSSR count). The molecule has 0 aliphatic carbocycles. The second-order valence-electron chi connectivity index (χ2n) is 6.20. The van der Waals surface area contributed by atoms with E-state index in [1.165, 1.54) is 0 Å². The maximum absolute atomic E-state index is 12.7. The largest absolute Gasteiger partial charge is 0.454 e. The molecule has 6 nitrogen and oxygen atoms in total. The Morgan fingerprint density at radius 1 is 1.07 bits per heavy atom. The normalized spacial score (nSPS) is 11.9. The molecule has 0 radical (unpaired) electrons. The number of fused-ring (bicyclic) bond motifs is 1. The molecule has 0 unspecified atom stereocenters. The summed E-state index contributed by atoms with van der Waals surface area (Å²) in [6, 6.07) is 17.1. The third-order valence-corrected chi connectivity index (χ3v) is 4.37. The number of benzene rings is 2. The number of hydrogen-bond acceptors (Lipinski definition) is 5. The van der Waals surface area contributed by atoms with Crippen LogP contribution < -0.4 is 19.7 Å². The van der Waals surface area contributed by atoms with Crippen LogP contribution in [0.25, 0.3) is 0 Å². The van der Waals surface area contributed by atoms with Gasteiger partial charge >= 0.3 is 0 Å². The van der Waals surface area contributed by atoms with Crippen LogP contribution in [0, 0.1) is 0 Å². The zero-order valence-corrected chi connectivity index (χ0v) is 14.9. The van der Waals surface area contributed by atoms with Gasteiger partial charge in [0.2, 0.25) is 6.79 Å². The SMILES string of the molecule is CN(C(=O)c1cncc(NCc2ccc3c(c2)OCO3)c1)c1ccccc1. The summed E-state index contributed by atoms with van der Waals surface area (Å²) in [4.78, 5) is 18.5. The molecule has 6 heteroatoms. The van der Waals surface area contributed by atoms with Gasteiger partial charge in [0, 0.05) is 31.7 Å². The van der Waals surface area contributed by atoms with Crippen LogP contribution in [0.2, 0.25) is 0 Å². The molecule has 2 heterocycles. The summed E-state index contributed by atoms with van der Waals surface area (Å²) in [5.41, 5.74) is 3.19. The minimum Gasteiger partial charge on any atom is -0.454 e. The summed E-state index contributed by atoms with van der Waals surface area (Å²) < 4.78 is 10.7. The molecule has 1 aromatic heterocycles. The average Bonchev–Trinajstić information content (AvgIpc) is 3.20. The van der Waals surface area contributed by atoms with E-state index in [4.69, 9.17) is 9.47 Å². The summed E-state index contributed by atoms with van der Waals surface area (Å²) in [7, 11) is 1.75. The highest BCUT2D eigenvalue weighted by Crippen LogP contribution is 2.32. The Balaban J connectivity index is 1.45. The summed E-state index contributed by atoms with van der Waals surface area (Å²) >= 11 is 0. The van der Waals surface area contributed by atoms with Crippen molar-refractivity contribution < 1.29 is 14.3 Å². The van der Waals surface area contributed by atoms with E-state index in [2.05, 4.69) is 10.3 Å². The predicted octanol–water partition coefficient (Wildman–Crippen LogP) is 3.70. The number of pyridine rings is 1. The molecule has 0 saturated carbocycles. The van der Waals surface area contributed by atoms with Crippen molar-refractivity contribution in [3.63, 3.8) is 0 Å². The van der Waals surface area contributed by atoms with Crippen LogP contribution in [0.3, 0.4) is 0 Å². The molecule has 0 spiro atoms. The van der Waals surface area contributed by atoms with Crippen LogP contribution in [0.1, 0.15) is 15.9 Å². The Hall–Kier alpha value is -3.54. The van der Waals surface area contributed by atoms with Crippen molar-refractivity contribution in [1.82, 2.24) is 4.98 Å². The maximum atomic E-state index is 12.7. The lowest BCUT2D eigenvalue weighted by Gasteiger charge is -2.17. The number of nitrogens with zero attached hydrogens (tertiary/aromatic N) is 2. The van der Waals surface area contributed by atoms with Crippen LogP contribution in [-0.4, -0.2) is 24.7 Å². The fourth-order valence-corrected chi connectivity index (χ4v) is 2.87. The van der Waals surface area contributed by atoms with E-state index in [1.807, 2.05) is 54.6 Å². The minimum absolute atomic E-state index is 0.111. The number of nitrogens with one attached hydrogen (secondary N) is 1. The highest BCUT2D eigenvalue weighted by Gasteiger charge is 2.15. The fraction of sp³-hybridized carbons (Fsp3) is 0.143. The van der Waals surface area contributed by atoms with Gasteiger partial charge in [0.1, 0.15) is 0 Å². The van der Waals surface area contributed by atoms with Crippen molar-refractivity contribution in [2.45, 2.75) is 6.54 Å². The first-order valence-corrected chi connectivity index (χ1v) is 8.61. The molecule has 1 amide bonds. The quantitative estimate of drug-likeness (QED) is 0.751. The van der Waals surface area contributed by atoms with Gasteiger partial charge in [-0.2, -0.15) is 0 Å². The van der Waals surface area contributed by atoms with Gasteiger partial charge < -0.3 is 19.7 Å². The zero-order valence-electron chi connectivity index (χ0n) is 14.9. The first-order valence-electron chi connectivity index (χ1n) is 8.61. The van der Waals surface area contributed by atoms with Gasteiger partial charge in [-0.15, -0.1) is 0 Å². The van der Waals surface area contributed by atoms with Crippen LogP contribution >= 0.6 is 0 Å². The zero-order chi connectivity index (χ0) is 18.6. The fourth-order valence-electron chi connectivity index (χ4n) is 2.87. The van der Waals surface area contributed by atoms with E-state index >= 15 is 0 Å². The van der Waals surface area contributed by atoms with Gasteiger partial charge in [-0.25, -0.2) is 0 Å². The van der Waals surface area contributed by atoms with E-state index in [0.29, 0.717) is 12.1 Å². The van der Waals surface area contributed by atoms with Crippen LogP contribution in [0.5, 0.6) is 11.5 Å². The number of carbonyl (C=O) groups excluding carboxylic acids is 1. The number of anilines is 2. The highest BCUT2D eigenvalue weighted by molar-refractivity contribution is 6.05. The van der Waals surface area contributed by atoms with Crippen LogP contribution in [-0.2, 0) is 6.54 Å². The number of carbonyl (C=O) groups is 1. The Bertz CT molecular complexity index is 960. The molecular weight excluding hydrogens is 342 g/mol. The second-order valence-corrected chi connectivity index (χ2v) is 6.20. The molecule has 0 atom stereocenters. The molecule has 1 N–H and O–H groups in total.